The van der Waals surface area contributed by atoms with E-state index in [0.29, 0.717) is 19.0 Å². The Morgan fingerprint density at radius 2 is 2.06 bits per heavy atom. The highest BCUT2D eigenvalue weighted by atomic mass is 32.1. The topological polar surface area (TPSA) is 36.4 Å². The molecule has 2 aromatic rings. The quantitative estimate of drug-likeness (QED) is 0.887. The van der Waals surface area contributed by atoms with Crippen LogP contribution in [0.2, 0.25) is 0 Å². The molecule has 17 heavy (non-hydrogen) atoms. The van der Waals surface area contributed by atoms with Gasteiger partial charge < -0.3 is 10.0 Å². The van der Waals surface area contributed by atoms with Gasteiger partial charge >= 0.3 is 0 Å². The summed E-state index contributed by atoms with van der Waals surface area (Å²) in [5, 5.41) is 11.3. The van der Waals surface area contributed by atoms with Gasteiger partial charge in [0.1, 0.15) is 5.60 Å². The van der Waals surface area contributed by atoms with E-state index in [0.717, 1.165) is 10.6 Å². The van der Waals surface area contributed by atoms with Crippen LogP contribution in [-0.2, 0) is 0 Å². The molecule has 0 amide bonds. The molecule has 1 N–H and O–H groups in total. The number of anilines is 1. The highest BCUT2D eigenvalue weighted by Crippen LogP contribution is 2.36. The molecule has 0 saturated carbocycles. The fourth-order valence-corrected chi connectivity index (χ4v) is 3.07. The van der Waals surface area contributed by atoms with E-state index in [1.165, 1.54) is 4.70 Å². The summed E-state index contributed by atoms with van der Waals surface area (Å²) in [7, 11) is 0. The summed E-state index contributed by atoms with van der Waals surface area (Å²) in [5.74, 6) is 0.299. The van der Waals surface area contributed by atoms with Crippen LogP contribution in [-0.4, -0.2) is 28.8 Å². The molecule has 0 atom stereocenters. The van der Waals surface area contributed by atoms with Crippen molar-refractivity contribution in [3.05, 3.63) is 24.3 Å². The van der Waals surface area contributed by atoms with Gasteiger partial charge in [0.25, 0.3) is 0 Å². The third-order valence-corrected chi connectivity index (χ3v) is 4.65. The monoisotopic (exact) mass is 248 g/mol. The molecule has 3 rings (SSSR count). The van der Waals surface area contributed by atoms with E-state index < -0.39 is 5.60 Å². The number of β-amino-alcohol motifs (C(OH)–C–C–N with tert-alkyl or cyclic N) is 1. The van der Waals surface area contributed by atoms with Gasteiger partial charge in [0.2, 0.25) is 0 Å². The average Bonchev–Trinajstić information content (AvgIpc) is 2.67. The number of hydrogen-bond donors (Lipinski definition) is 1. The number of fused-ring (bicyclic) bond motifs is 1. The largest absolute Gasteiger partial charge is 0.386 e. The van der Waals surface area contributed by atoms with Crippen LogP contribution in [0.3, 0.4) is 0 Å². The number of hydrogen-bond acceptors (Lipinski definition) is 4. The molecule has 0 radical (unpaired) electrons. The van der Waals surface area contributed by atoms with Gasteiger partial charge in [0.05, 0.1) is 23.3 Å². The van der Waals surface area contributed by atoms with Crippen molar-refractivity contribution >= 4 is 26.7 Å². The third kappa shape index (κ3) is 1.72. The summed E-state index contributed by atoms with van der Waals surface area (Å²) in [5.41, 5.74) is 0.519. The summed E-state index contributed by atoms with van der Waals surface area (Å²) < 4.78 is 1.21. The van der Waals surface area contributed by atoms with Crippen molar-refractivity contribution in [2.75, 3.05) is 18.0 Å². The Balaban J connectivity index is 1.83. The lowest BCUT2D eigenvalue weighted by Crippen LogP contribution is -2.64. The Morgan fingerprint density at radius 1 is 1.35 bits per heavy atom. The molecule has 1 aromatic carbocycles. The predicted octanol–water partition coefficient (Wildman–Crippen LogP) is 2.50. The third-order valence-electron chi connectivity index (χ3n) is 3.56. The average molecular weight is 248 g/mol. The fourth-order valence-electron chi connectivity index (χ4n) is 2.11. The van der Waals surface area contributed by atoms with E-state index >= 15 is 0 Å². The predicted molar refractivity (Wildman–Crippen MR) is 71.6 cm³/mol. The zero-order chi connectivity index (χ0) is 12.0. The first-order valence-corrected chi connectivity index (χ1v) is 6.73. The summed E-state index contributed by atoms with van der Waals surface area (Å²) in [6, 6.07) is 8.16. The molecular formula is C13H16N2OS. The van der Waals surface area contributed by atoms with Crippen LogP contribution in [0.1, 0.15) is 13.8 Å². The van der Waals surface area contributed by atoms with Crippen molar-refractivity contribution in [2.24, 2.45) is 5.92 Å². The van der Waals surface area contributed by atoms with Crippen molar-refractivity contribution in [1.29, 1.82) is 0 Å². The number of aromatic nitrogens is 1. The molecule has 0 spiro atoms. The molecule has 3 nitrogen and oxygen atoms in total. The first kappa shape index (κ1) is 11.0. The van der Waals surface area contributed by atoms with Crippen LogP contribution >= 0.6 is 11.3 Å². The Morgan fingerprint density at radius 3 is 2.71 bits per heavy atom. The number of thiazole rings is 1. The Labute approximate surface area is 105 Å². The van der Waals surface area contributed by atoms with Gasteiger partial charge in [-0.2, -0.15) is 0 Å². The van der Waals surface area contributed by atoms with Crippen molar-refractivity contribution < 1.29 is 5.11 Å². The molecule has 0 bridgehead atoms. The van der Waals surface area contributed by atoms with Gasteiger partial charge in [0, 0.05) is 0 Å². The molecule has 1 aromatic heterocycles. The highest BCUT2D eigenvalue weighted by molar-refractivity contribution is 7.22. The second-order valence-electron chi connectivity index (χ2n) is 5.08. The van der Waals surface area contributed by atoms with E-state index in [4.69, 9.17) is 0 Å². The Hall–Kier alpha value is -1.13. The molecule has 1 aliphatic rings. The van der Waals surface area contributed by atoms with Gasteiger partial charge in [-0.1, -0.05) is 37.3 Å². The molecule has 4 heteroatoms. The number of aliphatic hydroxyl groups is 1. The van der Waals surface area contributed by atoms with Gasteiger partial charge in [-0.15, -0.1) is 0 Å². The summed E-state index contributed by atoms with van der Waals surface area (Å²) in [6.07, 6.45) is 0. The first-order chi connectivity index (χ1) is 8.08. The zero-order valence-electron chi connectivity index (χ0n) is 10.1. The van der Waals surface area contributed by atoms with Crippen LogP contribution in [0.5, 0.6) is 0 Å². The lowest BCUT2D eigenvalue weighted by Gasteiger charge is -2.49. The number of rotatable bonds is 2. The van der Waals surface area contributed by atoms with E-state index in [1.54, 1.807) is 11.3 Å². The minimum atomic E-state index is -0.530. The van der Waals surface area contributed by atoms with Crippen LogP contribution in [0.15, 0.2) is 24.3 Å². The minimum Gasteiger partial charge on any atom is -0.386 e. The first-order valence-electron chi connectivity index (χ1n) is 5.91. The fraction of sp³-hybridized carbons (Fsp3) is 0.462. The molecule has 1 fully saturated rings. The molecule has 1 saturated heterocycles. The summed E-state index contributed by atoms with van der Waals surface area (Å²) in [6.45, 7) is 5.53. The van der Waals surface area contributed by atoms with E-state index in [2.05, 4.69) is 29.8 Å². The SMILES string of the molecule is CC(C)C1(O)CN(c2nc3ccccc3s2)C1. The van der Waals surface area contributed by atoms with Crippen LogP contribution in [0.25, 0.3) is 10.2 Å². The number of para-hydroxylation sites is 1. The molecule has 0 aliphatic carbocycles. The zero-order valence-corrected chi connectivity index (χ0v) is 10.9. The molecule has 90 valence electrons. The lowest BCUT2D eigenvalue weighted by molar-refractivity contribution is -0.0300. The van der Waals surface area contributed by atoms with Crippen LogP contribution in [0.4, 0.5) is 5.13 Å². The van der Waals surface area contributed by atoms with Gasteiger partial charge in [-0.05, 0) is 18.1 Å². The van der Waals surface area contributed by atoms with Gasteiger partial charge in [-0.3, -0.25) is 0 Å². The summed E-state index contributed by atoms with van der Waals surface area (Å²) in [4.78, 5) is 6.75. The normalized spacial score (nSPS) is 18.7. The van der Waals surface area contributed by atoms with Crippen molar-refractivity contribution in [2.45, 2.75) is 19.4 Å². The van der Waals surface area contributed by atoms with E-state index in [9.17, 15) is 5.11 Å². The Bertz CT molecular complexity index is 510. The van der Waals surface area contributed by atoms with Crippen molar-refractivity contribution in [3.8, 4) is 0 Å². The maximum atomic E-state index is 10.2. The Kier molecular flexibility index (Phi) is 2.38. The molecule has 0 unspecified atom stereocenters. The van der Waals surface area contributed by atoms with Gasteiger partial charge in [0.15, 0.2) is 5.13 Å². The summed E-state index contributed by atoms with van der Waals surface area (Å²) >= 11 is 1.70. The minimum absolute atomic E-state index is 0.299. The van der Waals surface area contributed by atoms with E-state index in [-0.39, 0.29) is 0 Å². The molecule has 2 heterocycles. The van der Waals surface area contributed by atoms with Crippen LogP contribution in [0, 0.1) is 5.92 Å². The molecular weight excluding hydrogens is 232 g/mol. The van der Waals surface area contributed by atoms with Crippen molar-refractivity contribution in [1.82, 2.24) is 4.98 Å². The standard InChI is InChI=1S/C13H16N2OS/c1-9(2)13(16)7-15(8-13)12-14-10-5-3-4-6-11(10)17-12/h3-6,9,16H,7-8H2,1-2H3. The number of benzene rings is 1. The molecule has 1 aliphatic heterocycles. The maximum absolute atomic E-state index is 10.2. The second-order valence-corrected chi connectivity index (χ2v) is 6.09. The van der Waals surface area contributed by atoms with E-state index in [1.807, 2.05) is 18.2 Å². The maximum Gasteiger partial charge on any atom is 0.186 e. The highest BCUT2D eigenvalue weighted by Gasteiger charge is 2.44. The van der Waals surface area contributed by atoms with Gasteiger partial charge in [-0.25, -0.2) is 4.98 Å². The smallest absolute Gasteiger partial charge is 0.186 e. The lowest BCUT2D eigenvalue weighted by atomic mass is 9.83. The van der Waals surface area contributed by atoms with Crippen molar-refractivity contribution in [3.63, 3.8) is 0 Å². The number of nitrogens with zero attached hydrogens (tertiary/aromatic N) is 2. The second kappa shape index (κ2) is 3.68. The van der Waals surface area contributed by atoms with Crippen LogP contribution < -0.4 is 4.90 Å².